The van der Waals surface area contributed by atoms with Crippen molar-refractivity contribution in [2.24, 2.45) is 11.8 Å². The van der Waals surface area contributed by atoms with Gasteiger partial charge in [-0.1, -0.05) is 62.4 Å². The molecular formula is C32H43N5O6. The highest BCUT2D eigenvalue weighted by atomic mass is 16.6. The number of hydroxylamine groups is 1. The van der Waals surface area contributed by atoms with Gasteiger partial charge in [-0.25, -0.2) is 10.3 Å². The number of unbranched alkanes of at least 4 members (excludes halogenated alkanes) is 2. The predicted molar refractivity (Wildman–Crippen MR) is 164 cm³/mol. The van der Waals surface area contributed by atoms with Gasteiger partial charge in [-0.05, 0) is 48.8 Å². The lowest BCUT2D eigenvalue weighted by molar-refractivity contribution is -0.139. The van der Waals surface area contributed by atoms with Crippen LogP contribution in [-0.2, 0) is 32.2 Å². The highest BCUT2D eigenvalue weighted by molar-refractivity contribution is 5.91. The molecule has 232 valence electrons. The number of carbonyl (C=O) groups is 4. The number of para-hydroxylation sites is 1. The number of hydrogen-bond donors (Lipinski definition) is 6. The number of nitrogens with one attached hydrogen (secondary N) is 5. The largest absolute Gasteiger partial charge is 0.465 e. The third-order valence-corrected chi connectivity index (χ3v) is 6.99. The van der Waals surface area contributed by atoms with E-state index in [1.54, 1.807) is 0 Å². The second kappa shape index (κ2) is 17.5. The van der Waals surface area contributed by atoms with Gasteiger partial charge in [0, 0.05) is 48.9 Å². The number of carboxylic acid groups (broad SMARTS) is 1. The zero-order valence-electron chi connectivity index (χ0n) is 24.9. The number of fused-ring (bicyclic) bond motifs is 1. The molecule has 1 unspecified atom stereocenters. The summed E-state index contributed by atoms with van der Waals surface area (Å²) in [5.74, 6) is -1.61. The highest BCUT2D eigenvalue weighted by Crippen LogP contribution is 2.21. The first kappa shape index (κ1) is 33.1. The molecule has 0 saturated heterocycles. The maximum absolute atomic E-state index is 13.5. The smallest absolute Gasteiger partial charge is 0.404 e. The fourth-order valence-corrected chi connectivity index (χ4v) is 4.87. The molecule has 43 heavy (non-hydrogen) atoms. The van der Waals surface area contributed by atoms with Crippen LogP contribution in [-0.4, -0.2) is 53.0 Å². The van der Waals surface area contributed by atoms with Gasteiger partial charge in [-0.2, -0.15) is 0 Å². The summed E-state index contributed by atoms with van der Waals surface area (Å²) in [5, 5.41) is 17.8. The van der Waals surface area contributed by atoms with Crippen molar-refractivity contribution in [2.75, 3.05) is 13.1 Å². The molecule has 0 spiro atoms. The molecule has 1 heterocycles. The van der Waals surface area contributed by atoms with Gasteiger partial charge in [-0.15, -0.1) is 0 Å². The van der Waals surface area contributed by atoms with Crippen LogP contribution in [0.25, 0.3) is 10.9 Å². The molecule has 1 aromatic heterocycles. The first-order chi connectivity index (χ1) is 20.7. The van der Waals surface area contributed by atoms with E-state index in [1.165, 1.54) is 0 Å². The summed E-state index contributed by atoms with van der Waals surface area (Å²) >= 11 is 0. The van der Waals surface area contributed by atoms with Crippen molar-refractivity contribution in [1.82, 2.24) is 26.4 Å². The summed E-state index contributed by atoms with van der Waals surface area (Å²) < 4.78 is 0. The molecule has 2 aromatic carbocycles. The summed E-state index contributed by atoms with van der Waals surface area (Å²) in [6.07, 6.45) is 3.50. The fraction of sp³-hybridized carbons (Fsp3) is 0.438. The SMILES string of the molecule is CC(C)CC(CC(=O)NOCc1ccccc1)C(=O)N[C@H](Cc1c[nH]c2ccccc12)C(=O)NCCCCCNC(=O)O. The monoisotopic (exact) mass is 593 g/mol. The molecule has 0 radical (unpaired) electrons. The van der Waals surface area contributed by atoms with Crippen molar-refractivity contribution in [3.63, 3.8) is 0 Å². The number of H-pyrrole nitrogens is 1. The Labute approximate surface area is 252 Å². The minimum Gasteiger partial charge on any atom is -0.465 e. The maximum atomic E-state index is 13.5. The Morgan fingerprint density at radius 2 is 1.58 bits per heavy atom. The lowest BCUT2D eigenvalue weighted by atomic mass is 9.92. The fourth-order valence-electron chi connectivity index (χ4n) is 4.87. The number of carbonyl (C=O) groups excluding carboxylic acids is 3. The van der Waals surface area contributed by atoms with Crippen molar-refractivity contribution in [3.05, 3.63) is 71.9 Å². The van der Waals surface area contributed by atoms with E-state index in [4.69, 9.17) is 9.94 Å². The van der Waals surface area contributed by atoms with Crippen molar-refractivity contribution >= 4 is 34.7 Å². The topological polar surface area (TPSA) is 162 Å². The lowest BCUT2D eigenvalue weighted by Crippen LogP contribution is -2.50. The maximum Gasteiger partial charge on any atom is 0.404 e. The first-order valence-corrected chi connectivity index (χ1v) is 14.8. The van der Waals surface area contributed by atoms with E-state index in [0.717, 1.165) is 28.5 Å². The number of hydrogen-bond acceptors (Lipinski definition) is 5. The van der Waals surface area contributed by atoms with Gasteiger partial charge in [0.25, 0.3) is 0 Å². The number of aromatic amines is 1. The number of aromatic nitrogens is 1. The summed E-state index contributed by atoms with van der Waals surface area (Å²) in [4.78, 5) is 58.7. The van der Waals surface area contributed by atoms with Gasteiger partial charge in [-0.3, -0.25) is 19.2 Å². The quantitative estimate of drug-likeness (QED) is 0.0963. The molecule has 0 saturated carbocycles. The Morgan fingerprint density at radius 1 is 0.884 bits per heavy atom. The Balaban J connectivity index is 1.63. The van der Waals surface area contributed by atoms with Crippen molar-refractivity contribution in [3.8, 4) is 0 Å². The summed E-state index contributed by atoms with van der Waals surface area (Å²) in [6, 6.07) is 16.3. The van der Waals surface area contributed by atoms with Crippen LogP contribution < -0.4 is 21.4 Å². The van der Waals surface area contributed by atoms with Crippen LogP contribution in [0.3, 0.4) is 0 Å². The molecule has 4 amide bonds. The summed E-state index contributed by atoms with van der Waals surface area (Å²) in [7, 11) is 0. The normalized spacial score (nSPS) is 12.4. The Hall–Kier alpha value is -4.38. The molecule has 11 nitrogen and oxygen atoms in total. The number of benzene rings is 2. The molecule has 3 rings (SSSR count). The molecule has 11 heteroatoms. The van der Waals surface area contributed by atoms with Crippen LogP contribution in [0.15, 0.2) is 60.8 Å². The third kappa shape index (κ3) is 11.8. The van der Waals surface area contributed by atoms with E-state index >= 15 is 0 Å². The zero-order valence-corrected chi connectivity index (χ0v) is 24.9. The van der Waals surface area contributed by atoms with E-state index < -0.39 is 24.0 Å². The van der Waals surface area contributed by atoms with E-state index in [9.17, 15) is 19.2 Å². The Bertz CT molecular complexity index is 1330. The van der Waals surface area contributed by atoms with E-state index in [1.807, 2.05) is 74.6 Å². The van der Waals surface area contributed by atoms with Crippen LogP contribution in [0.2, 0.25) is 0 Å². The molecule has 6 N–H and O–H groups in total. The minimum atomic E-state index is -1.06. The van der Waals surface area contributed by atoms with Crippen molar-refractivity contribution in [2.45, 2.75) is 65.0 Å². The van der Waals surface area contributed by atoms with Gasteiger partial charge in [0.15, 0.2) is 0 Å². The van der Waals surface area contributed by atoms with E-state index in [0.29, 0.717) is 32.4 Å². The molecule has 0 fully saturated rings. The minimum absolute atomic E-state index is 0.0788. The van der Waals surface area contributed by atoms with Crippen molar-refractivity contribution < 1.29 is 29.1 Å². The standard InChI is InChI=1S/C32H43N5O6/c1-22(2)17-24(19-29(38)37-43-21-23-11-5-3-6-12-23)30(39)36-28(18-25-20-35-27-14-8-7-13-26(25)27)31(40)33-15-9-4-10-16-34-32(41)42/h3,5-8,11-14,20,22,24,28,34-35H,4,9-10,15-19,21H2,1-2H3,(H,33,40)(H,36,39)(H,37,38)(H,41,42)/t24?,28-/m1/s1. The average Bonchev–Trinajstić information content (AvgIpc) is 3.38. The third-order valence-electron chi connectivity index (χ3n) is 6.99. The van der Waals surface area contributed by atoms with Crippen LogP contribution in [0.5, 0.6) is 0 Å². The van der Waals surface area contributed by atoms with Crippen LogP contribution in [0, 0.1) is 11.8 Å². The molecule has 0 aliphatic carbocycles. The molecule has 0 aliphatic rings. The lowest BCUT2D eigenvalue weighted by Gasteiger charge is -2.23. The highest BCUT2D eigenvalue weighted by Gasteiger charge is 2.28. The molecule has 2 atom stereocenters. The van der Waals surface area contributed by atoms with E-state index in [2.05, 4.69) is 26.4 Å². The summed E-state index contributed by atoms with van der Waals surface area (Å²) in [5.41, 5.74) is 5.17. The molecule has 0 bridgehead atoms. The first-order valence-electron chi connectivity index (χ1n) is 14.8. The second-order valence-corrected chi connectivity index (χ2v) is 11.0. The molecule has 3 aromatic rings. The van der Waals surface area contributed by atoms with Crippen LogP contribution >= 0.6 is 0 Å². The van der Waals surface area contributed by atoms with Crippen molar-refractivity contribution in [1.29, 1.82) is 0 Å². The molecule has 0 aliphatic heterocycles. The number of amides is 4. The Morgan fingerprint density at radius 3 is 2.30 bits per heavy atom. The van der Waals surface area contributed by atoms with Gasteiger partial charge in [0.05, 0.1) is 6.61 Å². The average molecular weight is 594 g/mol. The van der Waals surface area contributed by atoms with Crippen LogP contribution in [0.1, 0.15) is 57.1 Å². The second-order valence-electron chi connectivity index (χ2n) is 11.0. The summed E-state index contributed by atoms with van der Waals surface area (Å²) in [6.45, 7) is 4.91. The zero-order chi connectivity index (χ0) is 31.0. The Kier molecular flexibility index (Phi) is 13.5. The predicted octanol–water partition coefficient (Wildman–Crippen LogP) is 4.05. The van der Waals surface area contributed by atoms with Gasteiger partial charge in [0.2, 0.25) is 17.7 Å². The van der Waals surface area contributed by atoms with Gasteiger partial charge in [0.1, 0.15) is 6.04 Å². The van der Waals surface area contributed by atoms with Gasteiger partial charge >= 0.3 is 6.09 Å². The van der Waals surface area contributed by atoms with Gasteiger partial charge < -0.3 is 26.0 Å². The molecular weight excluding hydrogens is 550 g/mol. The van der Waals surface area contributed by atoms with E-state index in [-0.39, 0.29) is 37.2 Å². The number of rotatable bonds is 18. The van der Waals surface area contributed by atoms with Crippen LogP contribution in [0.4, 0.5) is 4.79 Å².